The molecule has 3 aromatic carbocycles. The number of hydrogen-bond acceptors (Lipinski definition) is 3. The van der Waals surface area contributed by atoms with Gasteiger partial charge in [0.1, 0.15) is 18.1 Å². The molecule has 3 rings (SSSR count). The third-order valence-electron chi connectivity index (χ3n) is 3.94. The minimum atomic E-state index is -0.205. The van der Waals surface area contributed by atoms with Gasteiger partial charge in [0, 0.05) is 5.39 Å². The number of ether oxygens (including phenoxy) is 2. The molecule has 0 heterocycles. The highest BCUT2D eigenvalue weighted by molar-refractivity contribution is 5.97. The van der Waals surface area contributed by atoms with E-state index < -0.39 is 0 Å². The van der Waals surface area contributed by atoms with Crippen molar-refractivity contribution in [2.24, 2.45) is 0 Å². The molecule has 1 amide bonds. The van der Waals surface area contributed by atoms with Gasteiger partial charge in [-0.15, -0.1) is 0 Å². The summed E-state index contributed by atoms with van der Waals surface area (Å²) < 4.78 is 11.2. The molecule has 0 saturated heterocycles. The fourth-order valence-electron chi connectivity index (χ4n) is 2.70. The molecule has 0 spiro atoms. The summed E-state index contributed by atoms with van der Waals surface area (Å²) in [5, 5.41) is 4.96. The third kappa shape index (κ3) is 4.80. The zero-order chi connectivity index (χ0) is 18.9. The average Bonchev–Trinajstić information content (AvgIpc) is 2.71. The van der Waals surface area contributed by atoms with Crippen molar-refractivity contribution in [3.05, 3.63) is 72.3 Å². The van der Waals surface area contributed by atoms with Crippen LogP contribution in [-0.2, 0) is 0 Å². The maximum atomic E-state index is 12.3. The summed E-state index contributed by atoms with van der Waals surface area (Å²) in [5.74, 6) is 7.01. The molecule has 0 radical (unpaired) electrons. The van der Waals surface area contributed by atoms with E-state index in [1.165, 1.54) is 0 Å². The molecule has 27 heavy (non-hydrogen) atoms. The SMILES string of the molecule is CCOc1ccccc1C(=O)NCC#CCOc1cccc2ccccc12. The van der Waals surface area contributed by atoms with E-state index in [1.807, 2.05) is 55.5 Å². The highest BCUT2D eigenvalue weighted by atomic mass is 16.5. The Hall–Kier alpha value is -3.45. The molecular weight excluding hydrogens is 338 g/mol. The maximum absolute atomic E-state index is 12.3. The molecule has 0 aliphatic heterocycles. The standard InChI is InChI=1S/C23H21NO3/c1-2-26-22-14-6-5-13-20(22)23(25)24-16-7-8-17-27-21-15-9-11-18-10-3-4-12-19(18)21/h3-6,9-15H,2,16-17H2,1H3,(H,24,25). The lowest BCUT2D eigenvalue weighted by atomic mass is 10.1. The lowest BCUT2D eigenvalue weighted by molar-refractivity contribution is 0.0955. The summed E-state index contributed by atoms with van der Waals surface area (Å²) in [6.45, 7) is 2.91. The van der Waals surface area contributed by atoms with E-state index in [1.54, 1.807) is 18.2 Å². The molecule has 1 N–H and O–H groups in total. The van der Waals surface area contributed by atoms with Gasteiger partial charge in [-0.05, 0) is 30.5 Å². The van der Waals surface area contributed by atoms with Crippen LogP contribution in [0.5, 0.6) is 11.5 Å². The normalized spacial score (nSPS) is 9.96. The Morgan fingerprint density at radius 2 is 1.63 bits per heavy atom. The number of rotatable bonds is 6. The second-order valence-corrected chi connectivity index (χ2v) is 5.73. The number of fused-ring (bicyclic) bond motifs is 1. The lowest BCUT2D eigenvalue weighted by Gasteiger charge is -2.09. The summed E-state index contributed by atoms with van der Waals surface area (Å²) in [7, 11) is 0. The number of para-hydroxylation sites is 1. The van der Waals surface area contributed by atoms with Crippen LogP contribution in [-0.4, -0.2) is 25.7 Å². The van der Waals surface area contributed by atoms with E-state index in [-0.39, 0.29) is 19.1 Å². The van der Waals surface area contributed by atoms with Crippen molar-refractivity contribution in [2.75, 3.05) is 19.8 Å². The van der Waals surface area contributed by atoms with Crippen molar-refractivity contribution < 1.29 is 14.3 Å². The first-order chi connectivity index (χ1) is 13.3. The molecule has 0 saturated carbocycles. The van der Waals surface area contributed by atoms with E-state index in [9.17, 15) is 4.79 Å². The molecule has 0 fully saturated rings. The summed E-state index contributed by atoms with van der Waals surface area (Å²) >= 11 is 0. The zero-order valence-electron chi connectivity index (χ0n) is 15.2. The molecule has 0 atom stereocenters. The largest absolute Gasteiger partial charge is 0.493 e. The number of nitrogens with one attached hydrogen (secondary N) is 1. The second kappa shape index (κ2) is 9.30. The summed E-state index contributed by atoms with van der Waals surface area (Å²) in [6.07, 6.45) is 0. The van der Waals surface area contributed by atoms with Crippen LogP contribution in [0.3, 0.4) is 0 Å². The van der Waals surface area contributed by atoms with E-state index in [2.05, 4.69) is 17.2 Å². The number of carbonyl (C=O) groups excluding carboxylic acids is 1. The van der Waals surface area contributed by atoms with Gasteiger partial charge in [-0.3, -0.25) is 4.79 Å². The fourth-order valence-corrected chi connectivity index (χ4v) is 2.70. The van der Waals surface area contributed by atoms with E-state index in [0.29, 0.717) is 17.9 Å². The maximum Gasteiger partial charge on any atom is 0.255 e. The summed E-state index contributed by atoms with van der Waals surface area (Å²) in [4.78, 5) is 12.3. The number of carbonyl (C=O) groups is 1. The quantitative estimate of drug-likeness (QED) is 0.676. The first-order valence-electron chi connectivity index (χ1n) is 8.86. The number of amides is 1. The molecular formula is C23H21NO3. The summed E-state index contributed by atoms with van der Waals surface area (Å²) in [5.41, 5.74) is 0.508. The van der Waals surface area contributed by atoms with E-state index >= 15 is 0 Å². The van der Waals surface area contributed by atoms with Gasteiger partial charge in [0.25, 0.3) is 5.91 Å². The Morgan fingerprint density at radius 1 is 0.889 bits per heavy atom. The molecule has 0 aromatic heterocycles. The predicted molar refractivity (Wildman–Crippen MR) is 107 cm³/mol. The minimum Gasteiger partial charge on any atom is -0.493 e. The van der Waals surface area contributed by atoms with Crippen molar-refractivity contribution in [3.8, 4) is 23.3 Å². The molecule has 4 nitrogen and oxygen atoms in total. The Bertz CT molecular complexity index is 980. The predicted octanol–water partition coefficient (Wildman–Crippen LogP) is 4.05. The molecule has 0 aliphatic rings. The van der Waals surface area contributed by atoms with Gasteiger partial charge in [0.2, 0.25) is 0 Å². The average molecular weight is 359 g/mol. The van der Waals surface area contributed by atoms with Crippen molar-refractivity contribution in [2.45, 2.75) is 6.92 Å². The second-order valence-electron chi connectivity index (χ2n) is 5.73. The molecule has 4 heteroatoms. The van der Waals surface area contributed by atoms with E-state index in [0.717, 1.165) is 16.5 Å². The Labute approximate surface area is 159 Å². The topological polar surface area (TPSA) is 47.6 Å². The zero-order valence-corrected chi connectivity index (χ0v) is 15.2. The van der Waals surface area contributed by atoms with Gasteiger partial charge in [-0.1, -0.05) is 60.4 Å². The van der Waals surface area contributed by atoms with Gasteiger partial charge in [-0.25, -0.2) is 0 Å². The monoisotopic (exact) mass is 359 g/mol. The van der Waals surface area contributed by atoms with Gasteiger partial charge in [-0.2, -0.15) is 0 Å². The Balaban J connectivity index is 1.52. The number of hydrogen-bond donors (Lipinski definition) is 1. The van der Waals surface area contributed by atoms with Crippen molar-refractivity contribution >= 4 is 16.7 Å². The van der Waals surface area contributed by atoms with Crippen LogP contribution in [0.4, 0.5) is 0 Å². The minimum absolute atomic E-state index is 0.205. The summed E-state index contributed by atoms with van der Waals surface area (Å²) in [6, 6.07) is 21.1. The van der Waals surface area contributed by atoms with Gasteiger partial charge < -0.3 is 14.8 Å². The highest BCUT2D eigenvalue weighted by Gasteiger charge is 2.10. The van der Waals surface area contributed by atoms with Crippen LogP contribution < -0.4 is 14.8 Å². The van der Waals surface area contributed by atoms with Crippen LogP contribution in [0.25, 0.3) is 10.8 Å². The van der Waals surface area contributed by atoms with Gasteiger partial charge in [0.15, 0.2) is 0 Å². The molecule has 0 aliphatic carbocycles. The van der Waals surface area contributed by atoms with Crippen LogP contribution in [0.1, 0.15) is 17.3 Å². The van der Waals surface area contributed by atoms with Crippen molar-refractivity contribution in [1.82, 2.24) is 5.32 Å². The Kier molecular flexibility index (Phi) is 6.32. The molecule has 3 aromatic rings. The molecule has 136 valence electrons. The van der Waals surface area contributed by atoms with Crippen LogP contribution in [0.15, 0.2) is 66.7 Å². The highest BCUT2D eigenvalue weighted by Crippen LogP contribution is 2.24. The Morgan fingerprint density at radius 3 is 2.52 bits per heavy atom. The first kappa shape index (κ1) is 18.3. The molecule has 0 bridgehead atoms. The van der Waals surface area contributed by atoms with Crippen LogP contribution in [0.2, 0.25) is 0 Å². The van der Waals surface area contributed by atoms with Gasteiger partial charge in [0.05, 0.1) is 18.7 Å². The lowest BCUT2D eigenvalue weighted by Crippen LogP contribution is -2.24. The van der Waals surface area contributed by atoms with E-state index in [4.69, 9.17) is 9.47 Å². The fraction of sp³-hybridized carbons (Fsp3) is 0.174. The van der Waals surface area contributed by atoms with Crippen LogP contribution >= 0.6 is 0 Å². The number of benzene rings is 3. The first-order valence-corrected chi connectivity index (χ1v) is 8.86. The van der Waals surface area contributed by atoms with Gasteiger partial charge >= 0.3 is 0 Å². The van der Waals surface area contributed by atoms with Crippen molar-refractivity contribution in [1.29, 1.82) is 0 Å². The third-order valence-corrected chi connectivity index (χ3v) is 3.94. The van der Waals surface area contributed by atoms with Crippen molar-refractivity contribution in [3.63, 3.8) is 0 Å². The van der Waals surface area contributed by atoms with Crippen LogP contribution in [0, 0.1) is 11.8 Å². The smallest absolute Gasteiger partial charge is 0.255 e. The molecule has 0 unspecified atom stereocenters.